The maximum Gasteiger partial charge on any atom is 0.0554 e. The topological polar surface area (TPSA) is 35.2 Å². The van der Waals surface area contributed by atoms with Gasteiger partial charge in [0.25, 0.3) is 0 Å². The van der Waals surface area contributed by atoms with Crippen LogP contribution in [-0.4, -0.2) is 17.7 Å². The lowest BCUT2D eigenvalue weighted by atomic mass is 9.85. The minimum Gasteiger partial charge on any atom is -0.376 e. The Morgan fingerprint density at radius 2 is 1.67 bits per heavy atom. The molecule has 0 aromatic rings. The molecule has 3 atom stereocenters. The van der Waals surface area contributed by atoms with Gasteiger partial charge in [-0.3, -0.25) is 0 Å². The average Bonchev–Trinajstić information content (AvgIpc) is 2.67. The molecule has 2 nitrogen and oxygen atoms in total. The third-order valence-electron chi connectivity index (χ3n) is 3.34. The van der Waals surface area contributed by atoms with Crippen molar-refractivity contribution in [1.29, 1.82) is 0 Å². The van der Waals surface area contributed by atoms with Gasteiger partial charge in [-0.2, -0.15) is 0 Å². The van der Waals surface area contributed by atoms with E-state index >= 15 is 0 Å². The molecule has 2 heteroatoms. The second-order valence-corrected chi connectivity index (χ2v) is 4.66. The van der Waals surface area contributed by atoms with Gasteiger partial charge in [0.15, 0.2) is 0 Å². The molecule has 1 aliphatic carbocycles. The van der Waals surface area contributed by atoms with Crippen molar-refractivity contribution >= 4 is 0 Å². The minimum absolute atomic E-state index is 0.201. The van der Waals surface area contributed by atoms with Crippen LogP contribution in [0.3, 0.4) is 0 Å². The molecule has 2 rings (SSSR count). The van der Waals surface area contributed by atoms with Crippen molar-refractivity contribution in [2.75, 3.05) is 0 Å². The molecule has 0 aromatic heterocycles. The van der Waals surface area contributed by atoms with Gasteiger partial charge < -0.3 is 10.5 Å². The molecule has 0 bridgehead atoms. The van der Waals surface area contributed by atoms with Gasteiger partial charge in [0.1, 0.15) is 0 Å². The van der Waals surface area contributed by atoms with Gasteiger partial charge in [-0.05, 0) is 45.4 Å². The monoisotopic (exact) mass is 169 g/mol. The Hall–Kier alpha value is -0.0800. The van der Waals surface area contributed by atoms with E-state index < -0.39 is 0 Å². The van der Waals surface area contributed by atoms with Gasteiger partial charge in [0.05, 0.1) is 12.2 Å². The maximum absolute atomic E-state index is 6.19. The summed E-state index contributed by atoms with van der Waals surface area (Å²) < 4.78 is 5.68. The Morgan fingerprint density at radius 3 is 2.08 bits per heavy atom. The molecule has 0 amide bonds. The first-order valence-corrected chi connectivity index (χ1v) is 5.04. The zero-order chi connectivity index (χ0) is 8.77. The smallest absolute Gasteiger partial charge is 0.0554 e. The van der Waals surface area contributed by atoms with E-state index in [1.807, 2.05) is 0 Å². The molecule has 70 valence electrons. The van der Waals surface area contributed by atoms with E-state index in [0.29, 0.717) is 12.2 Å². The Kier molecular flexibility index (Phi) is 1.92. The normalized spacial score (nSPS) is 45.8. The molecule has 12 heavy (non-hydrogen) atoms. The van der Waals surface area contributed by atoms with Gasteiger partial charge >= 0.3 is 0 Å². The van der Waals surface area contributed by atoms with Crippen LogP contribution in [0.2, 0.25) is 0 Å². The first-order chi connectivity index (χ1) is 5.60. The highest BCUT2D eigenvalue weighted by molar-refractivity contribution is 5.05. The Bertz CT molecular complexity index is 167. The largest absolute Gasteiger partial charge is 0.376 e. The Morgan fingerprint density at radius 1 is 1.17 bits per heavy atom. The molecule has 2 aliphatic rings. The quantitative estimate of drug-likeness (QED) is 0.648. The first kappa shape index (κ1) is 8.52. The van der Waals surface area contributed by atoms with Crippen LogP contribution in [0.25, 0.3) is 0 Å². The van der Waals surface area contributed by atoms with Crippen LogP contribution in [0.4, 0.5) is 0 Å². The molecule has 1 saturated carbocycles. The molecule has 1 aliphatic heterocycles. The maximum atomic E-state index is 6.19. The first-order valence-electron chi connectivity index (χ1n) is 5.04. The summed E-state index contributed by atoms with van der Waals surface area (Å²) in [4.78, 5) is 0. The van der Waals surface area contributed by atoms with Crippen LogP contribution in [0, 0.1) is 5.92 Å². The molecular formula is C10H19NO. The van der Waals surface area contributed by atoms with Gasteiger partial charge in [-0.15, -0.1) is 0 Å². The predicted molar refractivity (Wildman–Crippen MR) is 48.9 cm³/mol. The van der Waals surface area contributed by atoms with Crippen LogP contribution in [0.15, 0.2) is 0 Å². The zero-order valence-electron chi connectivity index (χ0n) is 8.05. The molecule has 1 unspecified atom stereocenters. The summed E-state index contributed by atoms with van der Waals surface area (Å²) in [5.41, 5.74) is 6.39. The third kappa shape index (κ3) is 1.50. The summed E-state index contributed by atoms with van der Waals surface area (Å²) in [6, 6.07) is 0. The van der Waals surface area contributed by atoms with E-state index in [-0.39, 0.29) is 5.54 Å². The van der Waals surface area contributed by atoms with E-state index in [1.54, 1.807) is 0 Å². The fourth-order valence-corrected chi connectivity index (χ4v) is 2.43. The van der Waals surface area contributed by atoms with Crippen molar-refractivity contribution < 1.29 is 4.74 Å². The minimum atomic E-state index is 0.201. The molecule has 0 spiro atoms. The van der Waals surface area contributed by atoms with E-state index in [1.165, 1.54) is 25.7 Å². The second kappa shape index (κ2) is 2.71. The summed E-state index contributed by atoms with van der Waals surface area (Å²) in [6.07, 6.45) is 5.63. The summed E-state index contributed by atoms with van der Waals surface area (Å²) in [5, 5.41) is 0. The van der Waals surface area contributed by atoms with Crippen molar-refractivity contribution in [3.63, 3.8) is 0 Å². The number of hydrogen-bond acceptors (Lipinski definition) is 2. The highest BCUT2D eigenvalue weighted by Crippen LogP contribution is 2.45. The van der Waals surface area contributed by atoms with Crippen LogP contribution < -0.4 is 5.73 Å². The standard InChI is InChI=1S/C10H19NO/c1-7-5-9(6-8(2)12-7)10(11)3-4-10/h7-9H,3-6,11H2,1-2H3/t7-,8+,9?. The van der Waals surface area contributed by atoms with Crippen molar-refractivity contribution in [2.45, 2.75) is 57.3 Å². The van der Waals surface area contributed by atoms with E-state index in [2.05, 4.69) is 13.8 Å². The highest BCUT2D eigenvalue weighted by atomic mass is 16.5. The molecule has 2 fully saturated rings. The molecule has 0 aromatic carbocycles. The van der Waals surface area contributed by atoms with Crippen molar-refractivity contribution in [3.05, 3.63) is 0 Å². The average molecular weight is 169 g/mol. The van der Waals surface area contributed by atoms with Gasteiger partial charge in [0.2, 0.25) is 0 Å². The third-order valence-corrected chi connectivity index (χ3v) is 3.34. The van der Waals surface area contributed by atoms with Gasteiger partial charge in [-0.25, -0.2) is 0 Å². The molecular weight excluding hydrogens is 150 g/mol. The Balaban J connectivity index is 1.97. The van der Waals surface area contributed by atoms with E-state index in [4.69, 9.17) is 10.5 Å². The van der Waals surface area contributed by atoms with Crippen LogP contribution in [0.1, 0.15) is 39.5 Å². The van der Waals surface area contributed by atoms with E-state index in [9.17, 15) is 0 Å². The number of rotatable bonds is 1. The van der Waals surface area contributed by atoms with Crippen LogP contribution in [0.5, 0.6) is 0 Å². The lowest BCUT2D eigenvalue weighted by Crippen LogP contribution is -2.41. The van der Waals surface area contributed by atoms with Crippen molar-refractivity contribution in [2.24, 2.45) is 11.7 Å². The fourth-order valence-electron chi connectivity index (χ4n) is 2.43. The van der Waals surface area contributed by atoms with E-state index in [0.717, 1.165) is 5.92 Å². The molecule has 0 radical (unpaired) electrons. The Labute approximate surface area is 74.5 Å². The lowest BCUT2D eigenvalue weighted by Gasteiger charge is -2.35. The molecule has 1 saturated heterocycles. The molecule has 1 heterocycles. The highest BCUT2D eigenvalue weighted by Gasteiger charge is 2.47. The van der Waals surface area contributed by atoms with Gasteiger partial charge in [-0.1, -0.05) is 0 Å². The van der Waals surface area contributed by atoms with Crippen molar-refractivity contribution in [1.82, 2.24) is 0 Å². The number of nitrogens with two attached hydrogens (primary N) is 1. The second-order valence-electron chi connectivity index (χ2n) is 4.66. The fraction of sp³-hybridized carbons (Fsp3) is 1.00. The lowest BCUT2D eigenvalue weighted by molar-refractivity contribution is -0.0586. The number of hydrogen-bond donors (Lipinski definition) is 1. The van der Waals surface area contributed by atoms with Crippen LogP contribution >= 0.6 is 0 Å². The summed E-state index contributed by atoms with van der Waals surface area (Å²) in [6.45, 7) is 4.32. The number of ether oxygens (including phenoxy) is 1. The van der Waals surface area contributed by atoms with Crippen molar-refractivity contribution in [3.8, 4) is 0 Å². The zero-order valence-corrected chi connectivity index (χ0v) is 8.05. The SMILES string of the molecule is C[C@@H]1CC(C2(N)CC2)C[C@H](C)O1. The summed E-state index contributed by atoms with van der Waals surface area (Å²) in [5.74, 6) is 0.719. The van der Waals surface area contributed by atoms with Crippen LogP contribution in [-0.2, 0) is 4.74 Å². The predicted octanol–water partition coefficient (Wildman–Crippen LogP) is 1.68. The summed E-state index contributed by atoms with van der Waals surface area (Å²) in [7, 11) is 0. The molecule has 2 N–H and O–H groups in total. The van der Waals surface area contributed by atoms with Gasteiger partial charge in [0, 0.05) is 5.54 Å². The summed E-state index contributed by atoms with van der Waals surface area (Å²) >= 11 is 0.